The Morgan fingerprint density at radius 3 is 2.26 bits per heavy atom. The third-order valence-corrected chi connectivity index (χ3v) is 8.25. The maximum Gasteiger partial charge on any atom is 0.348 e. The minimum atomic E-state index is -1.01. The summed E-state index contributed by atoms with van der Waals surface area (Å²) in [6.07, 6.45) is 6.69. The number of nitrogens with zero attached hydrogens (tertiary/aromatic N) is 1. The molecule has 1 amide bonds. The van der Waals surface area contributed by atoms with Crippen molar-refractivity contribution in [3.05, 3.63) is 15.8 Å². The number of thiophene rings is 1. The molecule has 1 saturated heterocycles. The lowest BCUT2D eigenvalue weighted by molar-refractivity contribution is -0.179. The minimum Gasteiger partial charge on any atom is -0.477 e. The number of amides is 1. The lowest BCUT2D eigenvalue weighted by Crippen LogP contribution is -2.49. The van der Waals surface area contributed by atoms with Gasteiger partial charge in [0.15, 0.2) is 5.79 Å². The van der Waals surface area contributed by atoms with Gasteiger partial charge in [-0.1, -0.05) is 18.8 Å². The van der Waals surface area contributed by atoms with Crippen molar-refractivity contribution in [2.24, 2.45) is 17.3 Å². The molecular formula is C27H37NO5S. The Hall–Kier alpha value is -1.88. The fraction of sp³-hybridized carbons (Fsp3) is 0.704. The van der Waals surface area contributed by atoms with E-state index in [2.05, 4.69) is 18.8 Å². The lowest BCUT2D eigenvalue weighted by Gasteiger charge is -2.42. The number of ether oxygens (including phenoxy) is 2. The maximum absolute atomic E-state index is 14.0. The molecule has 1 aromatic rings. The van der Waals surface area contributed by atoms with Gasteiger partial charge < -0.3 is 19.5 Å². The van der Waals surface area contributed by atoms with Crippen molar-refractivity contribution in [1.29, 1.82) is 0 Å². The molecule has 0 radical (unpaired) electrons. The largest absolute Gasteiger partial charge is 0.477 e. The molecule has 2 heterocycles. The Kier molecular flexibility index (Phi) is 7.42. The predicted octanol–water partition coefficient (Wildman–Crippen LogP) is 5.69. The molecule has 2 saturated carbocycles. The standard InChI is InChI=1S/C27H37NO5S/c1-18-5-7-19(8-6-18)24(29)28(20-9-13-27(14-10-20)32-15-16-33-27)22-17-21(11-12-26(2,3)4)34-23(22)25(30)31/h17-20H,5-10,13-16H2,1-4H3,(H,30,31). The normalized spacial score (nSPS) is 25.1. The first-order valence-electron chi connectivity index (χ1n) is 12.6. The zero-order valence-corrected chi connectivity index (χ0v) is 21.6. The Labute approximate surface area is 207 Å². The van der Waals surface area contributed by atoms with Crippen molar-refractivity contribution in [3.63, 3.8) is 0 Å². The molecule has 186 valence electrons. The van der Waals surface area contributed by atoms with Crippen LogP contribution in [0.2, 0.25) is 0 Å². The molecule has 1 aliphatic heterocycles. The maximum atomic E-state index is 14.0. The van der Waals surface area contributed by atoms with E-state index in [1.54, 1.807) is 0 Å². The number of carbonyl (C=O) groups is 2. The molecule has 0 atom stereocenters. The van der Waals surface area contributed by atoms with E-state index in [-0.39, 0.29) is 28.2 Å². The average molecular weight is 488 g/mol. The number of hydrogen-bond donors (Lipinski definition) is 1. The molecule has 7 heteroatoms. The molecule has 1 aromatic heterocycles. The number of anilines is 1. The van der Waals surface area contributed by atoms with E-state index in [4.69, 9.17) is 9.47 Å². The summed E-state index contributed by atoms with van der Waals surface area (Å²) in [6.45, 7) is 9.53. The van der Waals surface area contributed by atoms with Gasteiger partial charge in [0, 0.05) is 30.2 Å². The van der Waals surface area contributed by atoms with Gasteiger partial charge in [0.2, 0.25) is 5.91 Å². The first-order valence-corrected chi connectivity index (χ1v) is 13.4. The smallest absolute Gasteiger partial charge is 0.348 e. The van der Waals surface area contributed by atoms with Crippen LogP contribution in [0.25, 0.3) is 0 Å². The van der Waals surface area contributed by atoms with Crippen LogP contribution in [0.15, 0.2) is 6.07 Å². The van der Waals surface area contributed by atoms with Gasteiger partial charge in [-0.3, -0.25) is 4.79 Å². The van der Waals surface area contributed by atoms with Gasteiger partial charge >= 0.3 is 5.97 Å². The molecule has 0 aromatic carbocycles. The SMILES string of the molecule is CC1CCC(C(=O)N(c2cc(C#CC(C)(C)C)sc2C(=O)O)C2CCC3(CC2)OCCO3)CC1. The number of carbonyl (C=O) groups excluding carboxylic acids is 1. The number of hydrogen-bond acceptors (Lipinski definition) is 5. The molecule has 3 fully saturated rings. The van der Waals surface area contributed by atoms with Crippen LogP contribution in [0, 0.1) is 29.1 Å². The number of carboxylic acids is 1. The van der Waals surface area contributed by atoms with Crippen molar-refractivity contribution >= 4 is 28.9 Å². The van der Waals surface area contributed by atoms with Crippen LogP contribution in [-0.2, 0) is 14.3 Å². The summed E-state index contributed by atoms with van der Waals surface area (Å²) in [5.41, 5.74) is 0.314. The Balaban J connectivity index is 1.67. The average Bonchev–Trinajstić information content (AvgIpc) is 3.41. The molecule has 1 spiro atoms. The highest BCUT2D eigenvalue weighted by atomic mass is 32.1. The summed E-state index contributed by atoms with van der Waals surface area (Å²) < 4.78 is 11.8. The third-order valence-electron chi connectivity index (χ3n) is 7.23. The van der Waals surface area contributed by atoms with Crippen LogP contribution < -0.4 is 4.90 Å². The zero-order valence-electron chi connectivity index (χ0n) is 20.8. The predicted molar refractivity (Wildman–Crippen MR) is 133 cm³/mol. The van der Waals surface area contributed by atoms with Gasteiger partial charge in [0.25, 0.3) is 0 Å². The third kappa shape index (κ3) is 5.67. The van der Waals surface area contributed by atoms with Crippen molar-refractivity contribution < 1.29 is 24.2 Å². The lowest BCUT2D eigenvalue weighted by atomic mass is 9.81. The number of rotatable bonds is 4. The van der Waals surface area contributed by atoms with Crippen molar-refractivity contribution in [2.45, 2.75) is 90.9 Å². The molecule has 4 rings (SSSR count). The highest BCUT2D eigenvalue weighted by Gasteiger charge is 2.44. The topological polar surface area (TPSA) is 76.1 Å². The van der Waals surface area contributed by atoms with E-state index >= 15 is 0 Å². The minimum absolute atomic E-state index is 0.0586. The van der Waals surface area contributed by atoms with E-state index in [0.29, 0.717) is 42.5 Å². The second-order valence-electron chi connectivity index (χ2n) is 11.1. The number of aromatic carboxylic acids is 1. The Morgan fingerprint density at radius 2 is 1.71 bits per heavy atom. The highest BCUT2D eigenvalue weighted by molar-refractivity contribution is 7.15. The van der Waals surface area contributed by atoms with Gasteiger partial charge in [0.05, 0.1) is 23.8 Å². The van der Waals surface area contributed by atoms with E-state index < -0.39 is 11.8 Å². The number of carboxylic acid groups (broad SMARTS) is 1. The van der Waals surface area contributed by atoms with Gasteiger partial charge in [-0.15, -0.1) is 11.3 Å². The van der Waals surface area contributed by atoms with Crippen LogP contribution in [-0.4, -0.2) is 42.0 Å². The van der Waals surface area contributed by atoms with E-state index in [1.807, 2.05) is 31.7 Å². The monoisotopic (exact) mass is 487 g/mol. The van der Waals surface area contributed by atoms with Crippen molar-refractivity contribution in [3.8, 4) is 11.8 Å². The van der Waals surface area contributed by atoms with Crippen molar-refractivity contribution in [1.82, 2.24) is 0 Å². The molecule has 3 aliphatic rings. The molecule has 34 heavy (non-hydrogen) atoms. The van der Waals surface area contributed by atoms with E-state index in [0.717, 1.165) is 38.5 Å². The summed E-state index contributed by atoms with van der Waals surface area (Å²) in [7, 11) is 0. The van der Waals surface area contributed by atoms with E-state index in [1.165, 1.54) is 11.3 Å². The Morgan fingerprint density at radius 1 is 1.09 bits per heavy atom. The molecule has 6 nitrogen and oxygen atoms in total. The first-order chi connectivity index (χ1) is 16.1. The quantitative estimate of drug-likeness (QED) is 0.552. The second kappa shape index (κ2) is 10.0. The molecule has 1 N–H and O–H groups in total. The summed E-state index contributed by atoms with van der Waals surface area (Å²) in [4.78, 5) is 28.9. The molecule has 0 bridgehead atoms. The first kappa shape index (κ1) is 25.2. The van der Waals surface area contributed by atoms with Crippen molar-refractivity contribution in [2.75, 3.05) is 18.1 Å². The molecular weight excluding hydrogens is 450 g/mol. The highest BCUT2D eigenvalue weighted by Crippen LogP contribution is 2.42. The summed E-state index contributed by atoms with van der Waals surface area (Å²) in [5.74, 6) is 5.46. The van der Waals surface area contributed by atoms with Crippen LogP contribution in [0.1, 0.15) is 93.6 Å². The van der Waals surface area contributed by atoms with Crippen LogP contribution in [0.5, 0.6) is 0 Å². The summed E-state index contributed by atoms with van der Waals surface area (Å²) in [5, 5.41) is 10.0. The van der Waals surface area contributed by atoms with Gasteiger partial charge in [0.1, 0.15) is 4.88 Å². The zero-order chi connectivity index (χ0) is 24.5. The summed E-state index contributed by atoms with van der Waals surface area (Å²) in [6, 6.07) is 1.75. The molecule has 2 aliphatic carbocycles. The van der Waals surface area contributed by atoms with Gasteiger partial charge in [-0.25, -0.2) is 4.79 Å². The van der Waals surface area contributed by atoms with E-state index in [9.17, 15) is 14.7 Å². The second-order valence-corrected chi connectivity index (χ2v) is 12.2. The fourth-order valence-corrected chi connectivity index (χ4v) is 6.15. The van der Waals surface area contributed by atoms with Crippen LogP contribution in [0.4, 0.5) is 5.69 Å². The van der Waals surface area contributed by atoms with Crippen LogP contribution >= 0.6 is 11.3 Å². The van der Waals surface area contributed by atoms with Gasteiger partial charge in [-0.2, -0.15) is 0 Å². The fourth-order valence-electron chi connectivity index (χ4n) is 5.31. The molecule has 0 unspecified atom stereocenters. The van der Waals surface area contributed by atoms with Gasteiger partial charge in [-0.05, 0) is 71.3 Å². The Bertz CT molecular complexity index is 957. The summed E-state index contributed by atoms with van der Waals surface area (Å²) >= 11 is 1.17. The van der Waals surface area contributed by atoms with Crippen LogP contribution in [0.3, 0.4) is 0 Å².